The molecule has 0 aliphatic rings. The van der Waals surface area contributed by atoms with Crippen molar-refractivity contribution in [3.05, 3.63) is 71.7 Å². The third-order valence-corrected chi connectivity index (χ3v) is 6.70. The standard InChI is InChI=1S/C24H27N3O3S/c1-16-20(15-31(29,30)22-8-6-21(7-9-22)24(3,4)5)12-19(14-26-16)18-10-11-25-23(13-18)27-17(2)28/h6-14H,15H2,1-5H3,(H,25,27,28). The topological polar surface area (TPSA) is 89.0 Å². The lowest BCUT2D eigenvalue weighted by Gasteiger charge is -2.19. The van der Waals surface area contributed by atoms with Crippen LogP contribution < -0.4 is 5.32 Å². The molecule has 0 radical (unpaired) electrons. The molecule has 0 bridgehead atoms. The highest BCUT2D eigenvalue weighted by atomic mass is 32.2. The average Bonchev–Trinajstić information content (AvgIpc) is 2.69. The molecule has 0 fully saturated rings. The molecule has 0 saturated carbocycles. The molecule has 0 saturated heterocycles. The second kappa shape index (κ2) is 8.59. The van der Waals surface area contributed by atoms with Crippen LogP contribution >= 0.6 is 0 Å². The average molecular weight is 438 g/mol. The molecule has 6 nitrogen and oxygen atoms in total. The Bertz CT molecular complexity index is 1210. The summed E-state index contributed by atoms with van der Waals surface area (Å²) in [5, 5.41) is 2.65. The van der Waals surface area contributed by atoms with Crippen LogP contribution in [0.15, 0.2) is 59.8 Å². The van der Waals surface area contributed by atoms with Crippen molar-refractivity contribution in [1.82, 2.24) is 9.97 Å². The molecule has 0 aliphatic heterocycles. The lowest BCUT2D eigenvalue weighted by atomic mass is 9.87. The minimum atomic E-state index is -3.53. The lowest BCUT2D eigenvalue weighted by molar-refractivity contribution is -0.114. The Morgan fingerprint density at radius 1 is 1.00 bits per heavy atom. The molecule has 3 rings (SSSR count). The normalized spacial score (nSPS) is 11.9. The molecule has 0 aliphatic carbocycles. The molecule has 31 heavy (non-hydrogen) atoms. The van der Waals surface area contributed by atoms with Gasteiger partial charge in [0.15, 0.2) is 9.84 Å². The maximum atomic E-state index is 13.1. The maximum absolute atomic E-state index is 13.1. The SMILES string of the molecule is CC(=O)Nc1cc(-c2cnc(C)c(CS(=O)(=O)c3ccc(C(C)(C)C)cc3)c2)ccn1. The summed E-state index contributed by atoms with van der Waals surface area (Å²) in [4.78, 5) is 20.1. The fourth-order valence-corrected chi connectivity index (χ4v) is 4.61. The number of carbonyl (C=O) groups is 1. The summed E-state index contributed by atoms with van der Waals surface area (Å²) in [6.07, 6.45) is 3.28. The Labute approximate surface area is 183 Å². The summed E-state index contributed by atoms with van der Waals surface area (Å²) in [6, 6.07) is 12.4. The number of benzene rings is 1. The van der Waals surface area contributed by atoms with Crippen LogP contribution in [0.2, 0.25) is 0 Å². The number of rotatable bonds is 5. The molecule has 2 aromatic heterocycles. The zero-order valence-corrected chi connectivity index (χ0v) is 19.2. The highest BCUT2D eigenvalue weighted by molar-refractivity contribution is 7.90. The molecule has 162 valence electrons. The molecular weight excluding hydrogens is 410 g/mol. The largest absolute Gasteiger partial charge is 0.311 e. The monoisotopic (exact) mass is 437 g/mol. The number of carbonyl (C=O) groups excluding carboxylic acids is 1. The second-order valence-corrected chi connectivity index (χ2v) is 10.6. The number of aromatic nitrogens is 2. The molecule has 0 unspecified atom stereocenters. The molecule has 1 amide bonds. The van der Waals surface area contributed by atoms with E-state index in [1.165, 1.54) is 6.92 Å². The first-order valence-electron chi connectivity index (χ1n) is 9.98. The zero-order valence-electron chi connectivity index (χ0n) is 18.4. The summed E-state index contributed by atoms with van der Waals surface area (Å²) < 4.78 is 26.1. The van der Waals surface area contributed by atoms with Crippen LogP contribution in [0.25, 0.3) is 11.1 Å². The molecule has 1 aromatic carbocycles. The minimum absolute atomic E-state index is 0.0439. The van der Waals surface area contributed by atoms with Gasteiger partial charge in [0.1, 0.15) is 5.82 Å². The van der Waals surface area contributed by atoms with E-state index >= 15 is 0 Å². The van der Waals surface area contributed by atoms with Gasteiger partial charge in [0.25, 0.3) is 0 Å². The summed E-state index contributed by atoms with van der Waals surface area (Å²) in [5.41, 5.74) is 3.88. The van der Waals surface area contributed by atoms with E-state index in [4.69, 9.17) is 0 Å². The molecule has 0 atom stereocenters. The van der Waals surface area contributed by atoms with Crippen molar-refractivity contribution in [2.24, 2.45) is 0 Å². The summed E-state index contributed by atoms with van der Waals surface area (Å²) in [5.74, 6) is 0.0765. The van der Waals surface area contributed by atoms with E-state index < -0.39 is 9.84 Å². The quantitative estimate of drug-likeness (QED) is 0.626. The number of amides is 1. The van der Waals surface area contributed by atoms with Crippen LogP contribution in [0.5, 0.6) is 0 Å². The number of anilines is 1. The van der Waals surface area contributed by atoms with E-state index in [1.807, 2.05) is 18.2 Å². The predicted octanol–water partition coefficient (Wildman–Crippen LogP) is 4.68. The molecule has 0 spiro atoms. The number of hydrogen-bond donors (Lipinski definition) is 1. The Balaban J connectivity index is 1.91. The summed E-state index contributed by atoms with van der Waals surface area (Å²) >= 11 is 0. The van der Waals surface area contributed by atoms with Crippen molar-refractivity contribution in [2.45, 2.75) is 50.7 Å². The van der Waals surface area contributed by atoms with Crippen LogP contribution in [0.4, 0.5) is 5.82 Å². The fourth-order valence-electron chi connectivity index (χ4n) is 3.19. The van der Waals surface area contributed by atoms with Gasteiger partial charge >= 0.3 is 0 Å². The van der Waals surface area contributed by atoms with Crippen molar-refractivity contribution in [3.8, 4) is 11.1 Å². The van der Waals surface area contributed by atoms with Gasteiger partial charge in [-0.15, -0.1) is 0 Å². The van der Waals surface area contributed by atoms with Crippen molar-refractivity contribution < 1.29 is 13.2 Å². The first-order valence-corrected chi connectivity index (χ1v) is 11.6. The Morgan fingerprint density at radius 2 is 1.68 bits per heavy atom. The van der Waals surface area contributed by atoms with Crippen LogP contribution in [0.3, 0.4) is 0 Å². The minimum Gasteiger partial charge on any atom is -0.311 e. The number of nitrogens with zero attached hydrogens (tertiary/aromatic N) is 2. The number of sulfone groups is 1. The van der Waals surface area contributed by atoms with Gasteiger partial charge in [0.2, 0.25) is 5.91 Å². The van der Waals surface area contributed by atoms with Crippen LogP contribution in [0.1, 0.15) is 44.5 Å². The smallest absolute Gasteiger partial charge is 0.222 e. The van der Waals surface area contributed by atoms with E-state index in [2.05, 4.69) is 36.1 Å². The Hall–Kier alpha value is -3.06. The highest BCUT2D eigenvalue weighted by Gasteiger charge is 2.20. The number of nitrogens with one attached hydrogen (secondary N) is 1. The summed E-state index contributed by atoms with van der Waals surface area (Å²) in [7, 11) is -3.53. The van der Waals surface area contributed by atoms with Crippen LogP contribution in [-0.2, 0) is 25.8 Å². The Morgan fingerprint density at radius 3 is 2.29 bits per heavy atom. The fraction of sp³-hybridized carbons (Fsp3) is 0.292. The van der Waals surface area contributed by atoms with Crippen LogP contribution in [0, 0.1) is 6.92 Å². The molecule has 1 N–H and O–H groups in total. The second-order valence-electron chi connectivity index (χ2n) is 8.61. The van der Waals surface area contributed by atoms with Crippen LogP contribution in [-0.4, -0.2) is 24.3 Å². The van der Waals surface area contributed by atoms with E-state index in [-0.39, 0.29) is 17.1 Å². The van der Waals surface area contributed by atoms with E-state index in [1.54, 1.807) is 43.6 Å². The first kappa shape index (κ1) is 22.6. The third-order valence-electron chi connectivity index (χ3n) is 5.01. The summed E-state index contributed by atoms with van der Waals surface area (Å²) in [6.45, 7) is 9.49. The van der Waals surface area contributed by atoms with Crippen molar-refractivity contribution in [3.63, 3.8) is 0 Å². The van der Waals surface area contributed by atoms with Gasteiger partial charge in [-0.1, -0.05) is 32.9 Å². The van der Waals surface area contributed by atoms with Crippen molar-refractivity contribution in [1.29, 1.82) is 0 Å². The van der Waals surface area contributed by atoms with Crippen molar-refractivity contribution in [2.75, 3.05) is 5.32 Å². The zero-order chi connectivity index (χ0) is 22.8. The number of pyridine rings is 2. The van der Waals surface area contributed by atoms with Gasteiger partial charge in [-0.25, -0.2) is 13.4 Å². The van der Waals surface area contributed by atoms with Gasteiger partial charge in [0, 0.05) is 30.6 Å². The molecule has 7 heteroatoms. The Kier molecular flexibility index (Phi) is 6.27. The molecular formula is C24H27N3O3S. The van der Waals surface area contributed by atoms with E-state index in [0.717, 1.165) is 16.7 Å². The maximum Gasteiger partial charge on any atom is 0.222 e. The van der Waals surface area contributed by atoms with Gasteiger partial charge in [-0.3, -0.25) is 9.78 Å². The lowest BCUT2D eigenvalue weighted by Crippen LogP contribution is -2.12. The molecule has 2 heterocycles. The molecule has 3 aromatic rings. The van der Waals surface area contributed by atoms with E-state index in [0.29, 0.717) is 22.0 Å². The van der Waals surface area contributed by atoms with Gasteiger partial charge < -0.3 is 5.32 Å². The van der Waals surface area contributed by atoms with Gasteiger partial charge in [-0.05, 0) is 59.4 Å². The van der Waals surface area contributed by atoms with E-state index in [9.17, 15) is 13.2 Å². The third kappa shape index (κ3) is 5.55. The first-order chi connectivity index (χ1) is 14.5. The van der Waals surface area contributed by atoms with Crippen molar-refractivity contribution >= 4 is 21.6 Å². The predicted molar refractivity (Wildman–Crippen MR) is 123 cm³/mol. The van der Waals surface area contributed by atoms with Gasteiger partial charge in [0.05, 0.1) is 10.6 Å². The van der Waals surface area contributed by atoms with Gasteiger partial charge in [-0.2, -0.15) is 0 Å². The number of hydrogen-bond acceptors (Lipinski definition) is 5. The highest BCUT2D eigenvalue weighted by Crippen LogP contribution is 2.27. The number of aryl methyl sites for hydroxylation is 1.